The van der Waals surface area contributed by atoms with Crippen molar-refractivity contribution in [2.45, 2.75) is 177 Å². The number of carbonyl (C=O) groups is 14. The van der Waals surface area contributed by atoms with Gasteiger partial charge in [-0.2, -0.15) is 23.5 Å². The van der Waals surface area contributed by atoms with E-state index in [-0.39, 0.29) is 126 Å². The predicted octanol–water partition coefficient (Wildman–Crippen LogP) is 9.22. The largest absolute Gasteiger partial charge is 0.469 e. The molecule has 0 aromatic heterocycles. The first-order valence-electron chi connectivity index (χ1n) is 36.2. The molecule has 0 radical (unpaired) electrons. The second-order valence-electron chi connectivity index (χ2n) is 18.0. The van der Waals surface area contributed by atoms with E-state index in [4.69, 9.17) is 37.9 Å². The van der Waals surface area contributed by atoms with Gasteiger partial charge in [0.1, 0.15) is 58.5 Å². The lowest BCUT2D eigenvalue weighted by Crippen LogP contribution is -2.13. The van der Waals surface area contributed by atoms with Gasteiger partial charge in [0.25, 0.3) is 0 Å². The molecule has 0 aromatic rings. The van der Waals surface area contributed by atoms with Crippen molar-refractivity contribution in [2.24, 2.45) is 0 Å². The molecule has 0 aromatic carbocycles. The zero-order valence-corrected chi connectivity index (χ0v) is 74.3. The van der Waals surface area contributed by atoms with Crippen LogP contribution < -0.4 is 0 Å². The van der Waals surface area contributed by atoms with Crippen molar-refractivity contribution in [1.82, 2.24) is 0 Å². The Balaban J connectivity index is -0.0000000853. The van der Waals surface area contributed by atoms with Gasteiger partial charge in [-0.1, -0.05) is 48.5 Å². The van der Waals surface area contributed by atoms with Gasteiger partial charge in [-0.15, -0.1) is 11.8 Å². The van der Waals surface area contributed by atoms with Crippen LogP contribution in [0.4, 0.5) is 0 Å². The minimum absolute atomic E-state index is 0.0494. The van der Waals surface area contributed by atoms with Crippen LogP contribution in [0.25, 0.3) is 0 Å². The second kappa shape index (κ2) is 127. The maximum Gasteiger partial charge on any atom is 0.344 e. The Bertz CT molecular complexity index is 1920. The van der Waals surface area contributed by atoms with Gasteiger partial charge in [-0.25, -0.2) is 24.0 Å². The summed E-state index contributed by atoms with van der Waals surface area (Å²) in [4.78, 5) is 146. The van der Waals surface area contributed by atoms with E-state index in [1.165, 1.54) is 42.7 Å². The number of hydrogen-bond donors (Lipinski definition) is 0. The van der Waals surface area contributed by atoms with Crippen LogP contribution in [0.5, 0.6) is 0 Å². The highest BCUT2D eigenvalue weighted by Gasteiger charge is 2.10. The molecular formula is C73H144O35S3. The number of ketones is 2. The van der Waals surface area contributed by atoms with Crippen LogP contribution in [0.2, 0.25) is 0 Å². The lowest BCUT2D eigenvalue weighted by molar-refractivity contribution is -0.156. The monoisotopic (exact) mass is 1680 g/mol. The van der Waals surface area contributed by atoms with E-state index < -0.39 is 29.8 Å². The molecule has 0 amide bonds. The van der Waals surface area contributed by atoms with Gasteiger partial charge in [0, 0.05) is 85.6 Å². The molecule has 0 rings (SSSR count). The minimum atomic E-state index is -0.571. The van der Waals surface area contributed by atoms with E-state index in [1.54, 1.807) is 72.0 Å². The van der Waals surface area contributed by atoms with Gasteiger partial charge < -0.3 is 99.5 Å². The average molecular weight is 1680 g/mol. The standard InChI is InChI=1S/2C6H10O4.C6H10O3.3C6H12O3.C6H12O2S.C6H12O2.2C5H10O3.C5H10O2S.C5H12O2.C5H12OS/c1-3-10-6(8)4-5(7)9-2;1-3-5(7)10-4-6(8)9-2;1-3-5(7)4-6(8)9-2;2*1-3-8-5-6(7)9-4-2;1-3-6(7)9-5-8-4-2;1-3-8-6(7)5-9-4-2;1-3-6(7)5-8-4-2;1-3-8-4-5(6)7-2;1-3-8-5(6)4-7-2;1-3-8-4-5(6)7-2;2*1-3-6-5-7-4-2/h2*3-4H2,1-2H3;3-4H2,1-2H3;4*3-5H2,1-2H3;3-5H2,1-2H3;3*3-4H2,1-2H3;2*3-5H2,1-2H3. The van der Waals surface area contributed by atoms with E-state index in [0.717, 1.165) is 43.0 Å². The molecule has 0 atom stereocenters. The fourth-order valence-electron chi connectivity index (χ4n) is 4.10. The molecule has 664 valence electrons. The molecule has 0 saturated heterocycles. The summed E-state index contributed by atoms with van der Waals surface area (Å²) < 4.78 is 96.3. The first-order valence-corrected chi connectivity index (χ1v) is 39.7. The number of Topliss-reactive ketones (excluding diaryl/α,β-unsaturated/α-hetero) is 2. The SMILES string of the molecule is CCC(=O)CC(=O)OC.CCC(=O)OCC(=O)OC.CCOC(=O)CC(=O)OC.CCOC(=O)COC.CCOC(=O)CSCC.CCOCC(=O)CC.CCOCC(=O)OC.CCOCC(=O)OCC.CCOCC(=O)OCC.CCOCOC(=O)CC.CCOCOCC.CCOCSCC.CCSCC(=O)OC. The first-order chi connectivity index (χ1) is 52.9. The topological polar surface area (TPSA) is 433 Å². The number of ether oxygens (including phenoxy) is 21. The van der Waals surface area contributed by atoms with Crippen LogP contribution >= 0.6 is 35.3 Å². The van der Waals surface area contributed by atoms with Crippen molar-refractivity contribution in [1.29, 1.82) is 0 Å². The van der Waals surface area contributed by atoms with Gasteiger partial charge >= 0.3 is 71.6 Å². The van der Waals surface area contributed by atoms with Crippen molar-refractivity contribution in [3.05, 3.63) is 0 Å². The number of rotatable bonds is 46. The van der Waals surface area contributed by atoms with E-state index >= 15 is 0 Å². The van der Waals surface area contributed by atoms with Crippen molar-refractivity contribution < 1.29 is 167 Å². The van der Waals surface area contributed by atoms with Crippen LogP contribution in [0, 0.1) is 0 Å². The Labute approximate surface area is 675 Å². The minimum Gasteiger partial charge on any atom is -0.469 e. The molecule has 0 heterocycles. The van der Waals surface area contributed by atoms with E-state index in [1.807, 2.05) is 94.8 Å². The Hall–Kier alpha value is -6.33. The summed E-state index contributed by atoms with van der Waals surface area (Å²) in [7, 11) is 7.92. The van der Waals surface area contributed by atoms with E-state index in [0.29, 0.717) is 97.0 Å². The molecule has 111 heavy (non-hydrogen) atoms. The quantitative estimate of drug-likeness (QED) is 0.0180. The van der Waals surface area contributed by atoms with Crippen LogP contribution in [0.3, 0.4) is 0 Å². The maximum absolute atomic E-state index is 10.6. The number of hydrogen-bond acceptors (Lipinski definition) is 38. The lowest BCUT2D eigenvalue weighted by atomic mass is 10.2. The summed E-state index contributed by atoms with van der Waals surface area (Å²) in [5.41, 5.74) is 0. The van der Waals surface area contributed by atoms with Crippen LogP contribution in [-0.2, 0) is 167 Å². The molecule has 35 nitrogen and oxygen atoms in total. The first kappa shape index (κ1) is 134. The highest BCUT2D eigenvalue weighted by molar-refractivity contribution is 8.00. The molecule has 0 fully saturated rings. The summed E-state index contributed by atoms with van der Waals surface area (Å²) in [6.07, 6.45) is 1.27. The summed E-state index contributed by atoms with van der Waals surface area (Å²) in [6.45, 7) is 45.0. The average Bonchev–Trinajstić information content (AvgIpc) is 1.16. The number of carbonyl (C=O) groups excluding carboxylic acids is 14. The van der Waals surface area contributed by atoms with E-state index in [2.05, 4.69) is 68.5 Å². The summed E-state index contributed by atoms with van der Waals surface area (Å²) >= 11 is 4.96. The molecule has 0 aliphatic carbocycles. The summed E-state index contributed by atoms with van der Waals surface area (Å²) in [6, 6.07) is 0. The molecule has 0 saturated carbocycles. The van der Waals surface area contributed by atoms with Gasteiger partial charge in [0.15, 0.2) is 19.2 Å². The Morgan fingerprint density at radius 3 is 0.856 bits per heavy atom. The molecule has 38 heteroatoms. The summed E-state index contributed by atoms with van der Waals surface area (Å²) in [5, 5.41) is 0. The van der Waals surface area contributed by atoms with Crippen LogP contribution in [0.1, 0.15) is 177 Å². The van der Waals surface area contributed by atoms with E-state index in [9.17, 15) is 67.1 Å². The van der Waals surface area contributed by atoms with Crippen molar-refractivity contribution in [3.8, 4) is 0 Å². The Morgan fingerprint density at radius 1 is 0.216 bits per heavy atom. The van der Waals surface area contributed by atoms with Crippen LogP contribution in [-0.4, -0.2) is 300 Å². The number of methoxy groups -OCH3 is 6. The Morgan fingerprint density at radius 2 is 0.523 bits per heavy atom. The van der Waals surface area contributed by atoms with Gasteiger partial charge in [-0.05, 0) is 107 Å². The molecule has 0 aliphatic heterocycles. The van der Waals surface area contributed by atoms with Gasteiger partial charge in [0.2, 0.25) is 0 Å². The molecule has 0 bridgehead atoms. The van der Waals surface area contributed by atoms with Gasteiger partial charge in [-0.3, -0.25) is 43.2 Å². The fourth-order valence-corrected chi connectivity index (χ4v) is 5.49. The third kappa shape index (κ3) is 169. The van der Waals surface area contributed by atoms with Crippen molar-refractivity contribution in [2.75, 3.05) is 216 Å². The lowest BCUT2D eigenvalue weighted by Gasteiger charge is -2.00. The highest BCUT2D eigenvalue weighted by atomic mass is 32.2. The Kier molecular flexibility index (Phi) is 153. The summed E-state index contributed by atoms with van der Waals surface area (Å²) in [5.74, 6) is 0.805. The predicted molar refractivity (Wildman–Crippen MR) is 424 cm³/mol. The second-order valence-corrected chi connectivity index (χ2v) is 21.8. The molecule has 0 aliphatic rings. The molecule has 0 unspecified atom stereocenters. The van der Waals surface area contributed by atoms with Crippen molar-refractivity contribution >= 4 is 118 Å². The zero-order valence-electron chi connectivity index (χ0n) is 71.8. The molecular weight excluding hydrogens is 1530 g/mol. The zero-order chi connectivity index (χ0) is 88.4. The third-order valence-electron chi connectivity index (χ3n) is 9.52. The molecule has 0 N–H and O–H groups in total. The normalized spacial score (nSPS) is 8.95. The van der Waals surface area contributed by atoms with Gasteiger partial charge in [0.05, 0.1) is 86.0 Å². The van der Waals surface area contributed by atoms with Crippen molar-refractivity contribution in [3.63, 3.8) is 0 Å². The number of thioether (sulfide) groups is 3. The maximum atomic E-state index is 10.6. The molecule has 0 spiro atoms. The fraction of sp³-hybridized carbons (Fsp3) is 0.808. The van der Waals surface area contributed by atoms with Crippen LogP contribution in [0.15, 0.2) is 0 Å². The smallest absolute Gasteiger partial charge is 0.344 e. The number of esters is 12. The highest BCUT2D eigenvalue weighted by Crippen LogP contribution is 2.00. The third-order valence-corrected chi connectivity index (χ3v) is 12.0.